The fourth-order valence-electron chi connectivity index (χ4n) is 1.77. The van der Waals surface area contributed by atoms with Gasteiger partial charge in [0.05, 0.1) is 18.8 Å². The van der Waals surface area contributed by atoms with Gasteiger partial charge in [0.15, 0.2) is 0 Å². The molecule has 0 radical (unpaired) electrons. The average Bonchev–Trinajstić information content (AvgIpc) is 2.82. The van der Waals surface area contributed by atoms with Crippen molar-refractivity contribution in [3.63, 3.8) is 0 Å². The van der Waals surface area contributed by atoms with Gasteiger partial charge in [-0.05, 0) is 32.1 Å². The van der Waals surface area contributed by atoms with Gasteiger partial charge in [0, 0.05) is 11.8 Å². The number of ether oxygens (including phenoxy) is 1. The van der Waals surface area contributed by atoms with Crippen LogP contribution in [0.3, 0.4) is 0 Å². The van der Waals surface area contributed by atoms with Gasteiger partial charge in [-0.1, -0.05) is 13.8 Å². The first kappa shape index (κ1) is 11.5. The van der Waals surface area contributed by atoms with Crippen molar-refractivity contribution in [1.82, 2.24) is 0 Å². The highest BCUT2D eigenvalue weighted by Gasteiger charge is 2.42. The molecule has 80 valence electrons. The summed E-state index contributed by atoms with van der Waals surface area (Å²) in [6, 6.07) is 2.25. The van der Waals surface area contributed by atoms with Crippen LogP contribution >= 0.6 is 0 Å². The maximum absolute atomic E-state index is 8.65. The number of hydrogen-bond acceptors (Lipinski definition) is 2. The van der Waals surface area contributed by atoms with E-state index in [0.29, 0.717) is 18.4 Å². The van der Waals surface area contributed by atoms with Gasteiger partial charge in [0.1, 0.15) is 0 Å². The topological polar surface area (TPSA) is 33.0 Å². The van der Waals surface area contributed by atoms with Crippen LogP contribution in [-0.2, 0) is 4.74 Å². The fourth-order valence-corrected chi connectivity index (χ4v) is 1.77. The Labute approximate surface area is 87.3 Å². The van der Waals surface area contributed by atoms with Crippen molar-refractivity contribution in [3.05, 3.63) is 0 Å². The summed E-state index contributed by atoms with van der Waals surface area (Å²) in [5.41, 5.74) is 0.236. The molecule has 0 saturated heterocycles. The third-order valence-corrected chi connectivity index (χ3v) is 2.89. The molecule has 1 atom stereocenters. The largest absolute Gasteiger partial charge is 0.378 e. The van der Waals surface area contributed by atoms with Crippen molar-refractivity contribution in [2.75, 3.05) is 6.61 Å². The van der Waals surface area contributed by atoms with Gasteiger partial charge in [-0.15, -0.1) is 0 Å². The van der Waals surface area contributed by atoms with Crippen LogP contribution in [0.2, 0.25) is 0 Å². The van der Waals surface area contributed by atoms with Crippen LogP contribution < -0.4 is 0 Å². The maximum atomic E-state index is 8.65. The number of nitriles is 1. The summed E-state index contributed by atoms with van der Waals surface area (Å²) in [7, 11) is 0. The smallest absolute Gasteiger partial charge is 0.0628 e. The molecule has 0 aliphatic heterocycles. The number of hydrogen-bond donors (Lipinski definition) is 0. The Morgan fingerprint density at radius 1 is 1.36 bits per heavy atom. The Morgan fingerprint density at radius 3 is 2.43 bits per heavy atom. The lowest BCUT2D eigenvalue weighted by Gasteiger charge is -2.18. The van der Waals surface area contributed by atoms with E-state index < -0.39 is 0 Å². The molecule has 0 spiro atoms. The summed E-state index contributed by atoms with van der Waals surface area (Å²) < 4.78 is 5.78. The van der Waals surface area contributed by atoms with Crippen LogP contribution in [-0.4, -0.2) is 12.7 Å². The molecule has 1 fully saturated rings. The van der Waals surface area contributed by atoms with Crippen molar-refractivity contribution in [3.8, 4) is 6.07 Å². The SMILES string of the molecule is CC(C)CC(C)OCC1(CC#N)CC1. The van der Waals surface area contributed by atoms with E-state index in [9.17, 15) is 0 Å². The molecule has 0 heterocycles. The van der Waals surface area contributed by atoms with Crippen LogP contribution in [0.25, 0.3) is 0 Å². The zero-order valence-corrected chi connectivity index (χ0v) is 9.55. The molecule has 0 amide bonds. The average molecular weight is 195 g/mol. The summed E-state index contributed by atoms with van der Waals surface area (Å²) in [5, 5.41) is 8.65. The van der Waals surface area contributed by atoms with Crippen LogP contribution in [0.1, 0.15) is 46.5 Å². The van der Waals surface area contributed by atoms with Gasteiger partial charge < -0.3 is 4.74 Å². The Balaban J connectivity index is 2.17. The Morgan fingerprint density at radius 2 is 2.00 bits per heavy atom. The molecule has 0 bridgehead atoms. The first-order valence-corrected chi connectivity index (χ1v) is 5.56. The van der Waals surface area contributed by atoms with Crippen molar-refractivity contribution < 1.29 is 4.74 Å². The Hall–Kier alpha value is -0.550. The minimum atomic E-state index is 0.236. The standard InChI is InChI=1S/C12H21NO/c1-10(2)8-11(3)14-9-12(4-5-12)6-7-13/h10-11H,4-6,8-9H2,1-3H3. The summed E-state index contributed by atoms with van der Waals surface area (Å²) in [4.78, 5) is 0. The second-order valence-electron chi connectivity index (χ2n) is 5.09. The molecule has 1 saturated carbocycles. The first-order chi connectivity index (χ1) is 6.58. The van der Waals surface area contributed by atoms with Crippen LogP contribution in [0.15, 0.2) is 0 Å². The van der Waals surface area contributed by atoms with E-state index in [0.717, 1.165) is 13.0 Å². The molecule has 1 aliphatic carbocycles. The zero-order valence-electron chi connectivity index (χ0n) is 9.55. The molecule has 0 N–H and O–H groups in total. The molecular weight excluding hydrogens is 174 g/mol. The highest BCUT2D eigenvalue weighted by Crippen LogP contribution is 2.48. The number of nitrogens with zero attached hydrogens (tertiary/aromatic N) is 1. The molecule has 2 heteroatoms. The molecule has 2 nitrogen and oxygen atoms in total. The summed E-state index contributed by atoms with van der Waals surface area (Å²) in [6.07, 6.45) is 4.47. The van der Waals surface area contributed by atoms with Gasteiger partial charge >= 0.3 is 0 Å². The minimum Gasteiger partial charge on any atom is -0.378 e. The highest BCUT2D eigenvalue weighted by atomic mass is 16.5. The maximum Gasteiger partial charge on any atom is 0.0628 e. The van der Waals surface area contributed by atoms with Gasteiger partial charge in [0.2, 0.25) is 0 Å². The fraction of sp³-hybridized carbons (Fsp3) is 0.917. The predicted molar refractivity (Wildman–Crippen MR) is 56.8 cm³/mol. The zero-order chi connectivity index (χ0) is 10.6. The summed E-state index contributed by atoms with van der Waals surface area (Å²) >= 11 is 0. The van der Waals surface area contributed by atoms with Gasteiger partial charge in [-0.3, -0.25) is 0 Å². The lowest BCUT2D eigenvalue weighted by Crippen LogP contribution is -2.18. The Bertz CT molecular complexity index is 213. The van der Waals surface area contributed by atoms with Crippen molar-refractivity contribution >= 4 is 0 Å². The second-order valence-corrected chi connectivity index (χ2v) is 5.09. The quantitative estimate of drug-likeness (QED) is 0.652. The van der Waals surface area contributed by atoms with E-state index in [4.69, 9.17) is 10.00 Å². The van der Waals surface area contributed by atoms with Crippen molar-refractivity contribution in [2.45, 2.75) is 52.6 Å². The van der Waals surface area contributed by atoms with Crippen molar-refractivity contribution in [1.29, 1.82) is 5.26 Å². The predicted octanol–water partition coefficient (Wildman–Crippen LogP) is 3.13. The van der Waals surface area contributed by atoms with Gasteiger partial charge in [0.25, 0.3) is 0 Å². The van der Waals surface area contributed by atoms with E-state index in [1.54, 1.807) is 0 Å². The first-order valence-electron chi connectivity index (χ1n) is 5.56. The molecule has 0 aromatic carbocycles. The molecule has 0 aromatic heterocycles. The highest BCUT2D eigenvalue weighted by molar-refractivity contribution is 4.99. The molecule has 1 aliphatic rings. The van der Waals surface area contributed by atoms with E-state index in [1.165, 1.54) is 12.8 Å². The van der Waals surface area contributed by atoms with E-state index in [2.05, 4.69) is 26.8 Å². The van der Waals surface area contributed by atoms with Gasteiger partial charge in [-0.25, -0.2) is 0 Å². The van der Waals surface area contributed by atoms with Crippen LogP contribution in [0.5, 0.6) is 0 Å². The van der Waals surface area contributed by atoms with Gasteiger partial charge in [-0.2, -0.15) is 5.26 Å². The van der Waals surface area contributed by atoms with Crippen LogP contribution in [0.4, 0.5) is 0 Å². The minimum absolute atomic E-state index is 0.236. The lowest BCUT2D eigenvalue weighted by atomic mass is 10.0. The second kappa shape index (κ2) is 4.79. The molecule has 14 heavy (non-hydrogen) atoms. The van der Waals surface area contributed by atoms with E-state index >= 15 is 0 Å². The third kappa shape index (κ3) is 3.67. The molecule has 0 aromatic rings. The number of rotatable bonds is 6. The van der Waals surface area contributed by atoms with E-state index in [1.807, 2.05) is 0 Å². The van der Waals surface area contributed by atoms with Crippen LogP contribution in [0, 0.1) is 22.7 Å². The lowest BCUT2D eigenvalue weighted by molar-refractivity contribution is 0.0226. The summed E-state index contributed by atoms with van der Waals surface area (Å²) in [6.45, 7) is 7.33. The third-order valence-electron chi connectivity index (χ3n) is 2.89. The Kier molecular flexibility index (Phi) is 3.95. The molecule has 1 rings (SSSR count). The monoisotopic (exact) mass is 195 g/mol. The summed E-state index contributed by atoms with van der Waals surface area (Å²) in [5.74, 6) is 0.691. The molecule has 1 unspecified atom stereocenters. The normalized spacial score (nSPS) is 20.5. The van der Waals surface area contributed by atoms with E-state index in [-0.39, 0.29) is 5.41 Å². The van der Waals surface area contributed by atoms with Crippen molar-refractivity contribution in [2.24, 2.45) is 11.3 Å². The molecular formula is C12H21NO.